The fraction of sp³-hybridized carbons (Fsp3) is 0.533. The molecule has 1 aromatic carbocycles. The van der Waals surface area contributed by atoms with E-state index in [4.69, 9.17) is 0 Å². The van der Waals surface area contributed by atoms with Gasteiger partial charge in [0.25, 0.3) is 0 Å². The number of ketones is 1. The largest absolute Gasteiger partial charge is 0.317 e. The Hall–Kier alpha value is -1.22. The van der Waals surface area contributed by atoms with Crippen LogP contribution in [0.1, 0.15) is 41.6 Å². The summed E-state index contributed by atoms with van der Waals surface area (Å²) in [4.78, 5) is 12.0. The molecule has 18 heavy (non-hydrogen) atoms. The van der Waals surface area contributed by atoms with E-state index in [1.165, 1.54) is 12.1 Å². The Bertz CT molecular complexity index is 404. The first kappa shape index (κ1) is 13.2. The minimum absolute atomic E-state index is 0.0659. The molecule has 0 spiro atoms. The van der Waals surface area contributed by atoms with E-state index in [0.29, 0.717) is 17.9 Å². The summed E-state index contributed by atoms with van der Waals surface area (Å²) in [5.74, 6) is 0.390. The third kappa shape index (κ3) is 3.64. The van der Waals surface area contributed by atoms with Crippen molar-refractivity contribution in [1.82, 2.24) is 5.32 Å². The van der Waals surface area contributed by atoms with Crippen molar-refractivity contribution in [3.63, 3.8) is 0 Å². The van der Waals surface area contributed by atoms with E-state index >= 15 is 0 Å². The predicted octanol–water partition coefficient (Wildman–Crippen LogP) is 3.10. The van der Waals surface area contributed by atoms with Crippen LogP contribution in [-0.2, 0) is 0 Å². The minimum atomic E-state index is -0.319. The molecule has 98 valence electrons. The second kappa shape index (κ2) is 6.10. The predicted molar refractivity (Wildman–Crippen MR) is 70.3 cm³/mol. The molecule has 1 saturated heterocycles. The van der Waals surface area contributed by atoms with Gasteiger partial charge in [0.15, 0.2) is 5.78 Å². The first-order valence-corrected chi connectivity index (χ1v) is 6.66. The number of rotatable bonds is 4. The zero-order valence-corrected chi connectivity index (χ0v) is 10.8. The van der Waals surface area contributed by atoms with Crippen molar-refractivity contribution in [3.8, 4) is 0 Å². The number of carbonyl (C=O) groups excluding carboxylic acids is 1. The summed E-state index contributed by atoms with van der Waals surface area (Å²) in [6.45, 7) is 3.92. The SMILES string of the molecule is Cc1cc(F)cc(C(=O)CCC2CCNCC2)c1. The third-order valence-electron chi connectivity index (χ3n) is 3.60. The van der Waals surface area contributed by atoms with Gasteiger partial charge in [0, 0.05) is 12.0 Å². The van der Waals surface area contributed by atoms with Gasteiger partial charge in [-0.25, -0.2) is 4.39 Å². The van der Waals surface area contributed by atoms with Gasteiger partial charge in [-0.1, -0.05) is 0 Å². The third-order valence-corrected chi connectivity index (χ3v) is 3.60. The molecule has 0 bridgehead atoms. The van der Waals surface area contributed by atoms with E-state index in [9.17, 15) is 9.18 Å². The highest BCUT2D eigenvalue weighted by Gasteiger charge is 2.15. The lowest BCUT2D eigenvalue weighted by Crippen LogP contribution is -2.28. The molecule has 1 aliphatic rings. The van der Waals surface area contributed by atoms with Crippen LogP contribution in [0.25, 0.3) is 0 Å². The van der Waals surface area contributed by atoms with Crippen molar-refractivity contribution in [1.29, 1.82) is 0 Å². The molecule has 2 rings (SSSR count). The van der Waals surface area contributed by atoms with Gasteiger partial charge in [-0.3, -0.25) is 4.79 Å². The van der Waals surface area contributed by atoms with Gasteiger partial charge in [0.2, 0.25) is 0 Å². The zero-order chi connectivity index (χ0) is 13.0. The lowest BCUT2D eigenvalue weighted by molar-refractivity contribution is 0.0970. The maximum Gasteiger partial charge on any atom is 0.162 e. The topological polar surface area (TPSA) is 29.1 Å². The van der Waals surface area contributed by atoms with Crippen molar-refractivity contribution >= 4 is 5.78 Å². The van der Waals surface area contributed by atoms with Crippen LogP contribution in [0.5, 0.6) is 0 Å². The Labute approximate surface area is 108 Å². The fourth-order valence-corrected chi connectivity index (χ4v) is 2.55. The van der Waals surface area contributed by atoms with Crippen LogP contribution in [-0.4, -0.2) is 18.9 Å². The van der Waals surface area contributed by atoms with E-state index < -0.39 is 0 Å². The van der Waals surface area contributed by atoms with Gasteiger partial charge in [-0.05, 0) is 69.0 Å². The quantitative estimate of drug-likeness (QED) is 0.831. The Morgan fingerprint density at radius 2 is 2.06 bits per heavy atom. The van der Waals surface area contributed by atoms with Crippen molar-refractivity contribution < 1.29 is 9.18 Å². The highest BCUT2D eigenvalue weighted by molar-refractivity contribution is 5.96. The summed E-state index contributed by atoms with van der Waals surface area (Å²) in [7, 11) is 0. The molecular weight excluding hydrogens is 229 g/mol. The van der Waals surface area contributed by atoms with E-state index in [-0.39, 0.29) is 11.6 Å². The van der Waals surface area contributed by atoms with Gasteiger partial charge < -0.3 is 5.32 Å². The van der Waals surface area contributed by atoms with Crippen molar-refractivity contribution in [3.05, 3.63) is 35.1 Å². The lowest BCUT2D eigenvalue weighted by Gasteiger charge is -2.22. The molecule has 1 heterocycles. The molecule has 0 aliphatic carbocycles. The zero-order valence-electron chi connectivity index (χ0n) is 10.8. The number of benzene rings is 1. The van der Waals surface area contributed by atoms with Crippen molar-refractivity contribution in [2.75, 3.05) is 13.1 Å². The summed E-state index contributed by atoms with van der Waals surface area (Å²) in [5.41, 5.74) is 1.32. The molecular formula is C15H20FNO. The monoisotopic (exact) mass is 249 g/mol. The van der Waals surface area contributed by atoms with Gasteiger partial charge in [0.05, 0.1) is 0 Å². The van der Waals surface area contributed by atoms with E-state index in [2.05, 4.69) is 5.32 Å². The fourth-order valence-electron chi connectivity index (χ4n) is 2.55. The molecule has 1 aromatic rings. The number of hydrogen-bond donors (Lipinski definition) is 1. The molecule has 1 N–H and O–H groups in total. The Morgan fingerprint density at radius 1 is 1.33 bits per heavy atom. The molecule has 0 amide bonds. The second-order valence-electron chi connectivity index (χ2n) is 5.17. The standard InChI is InChI=1S/C15H20FNO/c1-11-8-13(10-14(16)9-11)15(18)3-2-12-4-6-17-7-5-12/h8-10,12,17H,2-7H2,1H3. The van der Waals surface area contributed by atoms with Crippen molar-refractivity contribution in [2.24, 2.45) is 5.92 Å². The summed E-state index contributed by atoms with van der Waals surface area (Å²) in [6, 6.07) is 4.56. The number of nitrogens with one attached hydrogen (secondary N) is 1. The van der Waals surface area contributed by atoms with Crippen LogP contribution in [0.15, 0.2) is 18.2 Å². The molecule has 2 nitrogen and oxygen atoms in total. The lowest BCUT2D eigenvalue weighted by atomic mass is 9.91. The molecule has 0 atom stereocenters. The minimum Gasteiger partial charge on any atom is -0.317 e. The summed E-state index contributed by atoms with van der Waals surface area (Å²) in [6.07, 6.45) is 3.76. The smallest absolute Gasteiger partial charge is 0.162 e. The first-order chi connectivity index (χ1) is 8.65. The number of hydrogen-bond acceptors (Lipinski definition) is 2. The normalized spacial score (nSPS) is 16.8. The highest BCUT2D eigenvalue weighted by atomic mass is 19.1. The van der Waals surface area contributed by atoms with Crippen molar-refractivity contribution in [2.45, 2.75) is 32.6 Å². The van der Waals surface area contributed by atoms with Crippen LogP contribution < -0.4 is 5.32 Å². The van der Waals surface area contributed by atoms with Gasteiger partial charge in [0.1, 0.15) is 5.82 Å². The first-order valence-electron chi connectivity index (χ1n) is 6.66. The van der Waals surface area contributed by atoms with Crippen LogP contribution in [0.4, 0.5) is 4.39 Å². The number of aryl methyl sites for hydroxylation is 1. The van der Waals surface area contributed by atoms with E-state index in [0.717, 1.165) is 37.9 Å². The van der Waals surface area contributed by atoms with Crippen LogP contribution in [0.2, 0.25) is 0 Å². The Morgan fingerprint density at radius 3 is 2.72 bits per heavy atom. The summed E-state index contributed by atoms with van der Waals surface area (Å²) in [5, 5.41) is 3.31. The molecule has 3 heteroatoms. The highest BCUT2D eigenvalue weighted by Crippen LogP contribution is 2.20. The molecule has 0 aromatic heterocycles. The average Bonchev–Trinajstić information content (AvgIpc) is 2.36. The second-order valence-corrected chi connectivity index (χ2v) is 5.17. The molecule has 0 radical (unpaired) electrons. The Kier molecular flexibility index (Phi) is 4.48. The van der Waals surface area contributed by atoms with E-state index in [1.54, 1.807) is 6.07 Å². The van der Waals surface area contributed by atoms with Crippen LogP contribution in [0.3, 0.4) is 0 Å². The number of piperidine rings is 1. The number of Topliss-reactive ketones (excluding diaryl/α,β-unsaturated/α-hetero) is 1. The maximum atomic E-state index is 13.2. The van der Waals surface area contributed by atoms with E-state index in [1.807, 2.05) is 6.92 Å². The van der Waals surface area contributed by atoms with Gasteiger partial charge in [-0.15, -0.1) is 0 Å². The van der Waals surface area contributed by atoms with Gasteiger partial charge >= 0.3 is 0 Å². The summed E-state index contributed by atoms with van der Waals surface area (Å²) >= 11 is 0. The maximum absolute atomic E-state index is 13.2. The van der Waals surface area contributed by atoms with Crippen LogP contribution in [0, 0.1) is 18.7 Å². The Balaban J connectivity index is 1.90. The molecule has 1 fully saturated rings. The van der Waals surface area contributed by atoms with Crippen LogP contribution >= 0.6 is 0 Å². The summed E-state index contributed by atoms with van der Waals surface area (Å²) < 4.78 is 13.2. The number of halogens is 1. The average molecular weight is 249 g/mol. The molecule has 0 unspecified atom stereocenters. The van der Waals surface area contributed by atoms with Gasteiger partial charge in [-0.2, -0.15) is 0 Å². The molecule has 1 aliphatic heterocycles. The number of carbonyl (C=O) groups is 1. The molecule has 0 saturated carbocycles.